The quantitative estimate of drug-likeness (QED) is 0.277. The summed E-state index contributed by atoms with van der Waals surface area (Å²) in [6, 6.07) is 26.8. The van der Waals surface area contributed by atoms with Crippen LogP contribution in [0.25, 0.3) is 10.8 Å². The minimum Gasteiger partial charge on any atom is -0.488 e. The van der Waals surface area contributed by atoms with Gasteiger partial charge in [0.1, 0.15) is 12.4 Å². The fraction of sp³-hybridized carbons (Fsp3) is 0.111. The van der Waals surface area contributed by atoms with Gasteiger partial charge in [0, 0.05) is 41.5 Å². The van der Waals surface area contributed by atoms with Crippen molar-refractivity contribution in [3.05, 3.63) is 107 Å². The van der Waals surface area contributed by atoms with Gasteiger partial charge in [-0.2, -0.15) is 5.10 Å². The number of carbonyl (C=O) groups excluding carboxylic acids is 1. The Balaban J connectivity index is 1.56. The van der Waals surface area contributed by atoms with E-state index < -0.39 is 0 Å². The molecule has 33 heavy (non-hydrogen) atoms. The summed E-state index contributed by atoms with van der Waals surface area (Å²) >= 11 is 6.27. The maximum absolute atomic E-state index is 12.5. The molecule has 166 valence electrons. The van der Waals surface area contributed by atoms with Crippen molar-refractivity contribution in [2.45, 2.75) is 6.61 Å². The molecule has 0 aliphatic rings. The predicted molar refractivity (Wildman–Crippen MR) is 136 cm³/mol. The van der Waals surface area contributed by atoms with E-state index in [9.17, 15) is 4.79 Å². The molecule has 6 heteroatoms. The topological polar surface area (TPSA) is 53.9 Å². The van der Waals surface area contributed by atoms with Gasteiger partial charge in [-0.05, 0) is 47.2 Å². The van der Waals surface area contributed by atoms with Crippen LogP contribution in [0.15, 0.2) is 90.0 Å². The normalized spacial score (nSPS) is 11.0. The van der Waals surface area contributed by atoms with Gasteiger partial charge in [0.05, 0.1) is 6.21 Å². The Bertz CT molecular complexity index is 1300. The second-order valence-corrected chi connectivity index (χ2v) is 8.13. The molecule has 0 saturated heterocycles. The van der Waals surface area contributed by atoms with Crippen LogP contribution >= 0.6 is 11.6 Å². The fourth-order valence-electron chi connectivity index (χ4n) is 3.44. The average molecular weight is 458 g/mol. The number of nitrogens with one attached hydrogen (secondary N) is 1. The van der Waals surface area contributed by atoms with Crippen molar-refractivity contribution in [3.8, 4) is 5.75 Å². The lowest BCUT2D eigenvalue weighted by molar-refractivity contribution is 0.0955. The molecule has 0 unspecified atom stereocenters. The van der Waals surface area contributed by atoms with Crippen molar-refractivity contribution in [1.29, 1.82) is 0 Å². The minimum absolute atomic E-state index is 0.282. The molecule has 1 N–H and O–H groups in total. The number of hydrogen-bond donors (Lipinski definition) is 1. The van der Waals surface area contributed by atoms with Crippen LogP contribution in [0.5, 0.6) is 5.75 Å². The first-order valence-electron chi connectivity index (χ1n) is 10.5. The summed E-state index contributed by atoms with van der Waals surface area (Å²) < 4.78 is 6.10. The number of benzene rings is 4. The Kier molecular flexibility index (Phi) is 6.91. The highest BCUT2D eigenvalue weighted by molar-refractivity contribution is 6.31. The number of hydrazone groups is 1. The first kappa shape index (κ1) is 22.4. The highest BCUT2D eigenvalue weighted by atomic mass is 35.5. The highest BCUT2D eigenvalue weighted by Gasteiger charge is 2.10. The van der Waals surface area contributed by atoms with Crippen LogP contribution in [-0.4, -0.2) is 26.2 Å². The Morgan fingerprint density at radius 1 is 0.970 bits per heavy atom. The van der Waals surface area contributed by atoms with Crippen molar-refractivity contribution in [1.82, 2.24) is 5.43 Å². The van der Waals surface area contributed by atoms with E-state index in [1.54, 1.807) is 18.3 Å². The summed E-state index contributed by atoms with van der Waals surface area (Å²) in [7, 11) is 3.91. The second kappa shape index (κ2) is 10.2. The molecule has 0 aromatic heterocycles. The first-order chi connectivity index (χ1) is 16.0. The van der Waals surface area contributed by atoms with Crippen molar-refractivity contribution in [2.75, 3.05) is 19.0 Å². The molecule has 4 aromatic carbocycles. The zero-order chi connectivity index (χ0) is 23.2. The van der Waals surface area contributed by atoms with E-state index in [0.717, 1.165) is 27.6 Å². The van der Waals surface area contributed by atoms with Gasteiger partial charge >= 0.3 is 0 Å². The summed E-state index contributed by atoms with van der Waals surface area (Å²) in [6.07, 6.45) is 1.62. The van der Waals surface area contributed by atoms with E-state index in [0.29, 0.717) is 22.9 Å². The Labute approximate surface area is 198 Å². The number of hydrogen-bond acceptors (Lipinski definition) is 4. The summed E-state index contributed by atoms with van der Waals surface area (Å²) in [4.78, 5) is 14.5. The minimum atomic E-state index is -0.282. The number of nitrogens with zero attached hydrogens (tertiary/aromatic N) is 2. The molecule has 0 radical (unpaired) electrons. The van der Waals surface area contributed by atoms with Crippen molar-refractivity contribution in [2.24, 2.45) is 5.10 Å². The largest absolute Gasteiger partial charge is 0.488 e. The lowest BCUT2D eigenvalue weighted by Gasteiger charge is -2.13. The van der Waals surface area contributed by atoms with Gasteiger partial charge in [-0.3, -0.25) is 4.79 Å². The van der Waals surface area contributed by atoms with Crippen LogP contribution in [0.1, 0.15) is 21.5 Å². The SMILES string of the molecule is CN(C)c1ccc(C(=O)N/N=C/c2c(OCc3ccccc3Cl)ccc3ccccc23)cc1. The van der Waals surface area contributed by atoms with Crippen LogP contribution in [0.2, 0.25) is 5.02 Å². The zero-order valence-electron chi connectivity index (χ0n) is 18.5. The fourth-order valence-corrected chi connectivity index (χ4v) is 3.63. The summed E-state index contributed by atoms with van der Waals surface area (Å²) in [6.45, 7) is 0.323. The molecular formula is C27H24ClN3O2. The summed E-state index contributed by atoms with van der Waals surface area (Å²) in [5.74, 6) is 0.372. The van der Waals surface area contributed by atoms with Gasteiger partial charge < -0.3 is 9.64 Å². The Hall–Kier alpha value is -3.83. The van der Waals surface area contributed by atoms with Gasteiger partial charge in [0.15, 0.2) is 0 Å². The lowest BCUT2D eigenvalue weighted by atomic mass is 10.0. The summed E-state index contributed by atoms with van der Waals surface area (Å²) in [5, 5.41) is 6.90. The lowest BCUT2D eigenvalue weighted by Crippen LogP contribution is -2.18. The van der Waals surface area contributed by atoms with E-state index in [4.69, 9.17) is 16.3 Å². The van der Waals surface area contributed by atoms with E-state index >= 15 is 0 Å². The third kappa shape index (κ3) is 5.33. The standard InChI is InChI=1S/C27H24ClN3O2/c1-31(2)22-14-11-20(12-15-22)27(32)30-29-17-24-23-9-5-3-7-19(23)13-16-26(24)33-18-21-8-4-6-10-25(21)28/h3-17H,18H2,1-2H3,(H,30,32)/b29-17+. The number of halogens is 1. The molecule has 5 nitrogen and oxygen atoms in total. The van der Waals surface area contributed by atoms with Gasteiger partial charge in [0.2, 0.25) is 0 Å². The first-order valence-corrected chi connectivity index (χ1v) is 10.9. The maximum atomic E-state index is 12.5. The molecule has 0 fully saturated rings. The third-order valence-electron chi connectivity index (χ3n) is 5.28. The predicted octanol–water partition coefficient (Wildman–Crippen LogP) is 5.90. The highest BCUT2D eigenvalue weighted by Crippen LogP contribution is 2.28. The average Bonchev–Trinajstić information content (AvgIpc) is 2.84. The monoisotopic (exact) mass is 457 g/mol. The molecule has 4 rings (SSSR count). The third-order valence-corrected chi connectivity index (χ3v) is 5.65. The molecule has 1 amide bonds. The van der Waals surface area contributed by atoms with Crippen molar-refractivity contribution in [3.63, 3.8) is 0 Å². The van der Waals surface area contributed by atoms with Crippen molar-refractivity contribution < 1.29 is 9.53 Å². The Morgan fingerprint density at radius 3 is 2.45 bits per heavy atom. The molecule has 0 aliphatic carbocycles. The molecule has 0 bridgehead atoms. The number of rotatable bonds is 7. The molecule has 0 heterocycles. The smallest absolute Gasteiger partial charge is 0.271 e. The molecule has 0 saturated carbocycles. The second-order valence-electron chi connectivity index (χ2n) is 7.72. The van der Waals surface area contributed by atoms with Crippen LogP contribution < -0.4 is 15.1 Å². The van der Waals surface area contributed by atoms with E-state index in [1.807, 2.05) is 91.8 Å². The van der Waals surface area contributed by atoms with Gasteiger partial charge in [-0.1, -0.05) is 60.1 Å². The van der Waals surface area contributed by atoms with Gasteiger partial charge in [0.25, 0.3) is 5.91 Å². The molecule has 0 aliphatic heterocycles. The number of amides is 1. The molecular weight excluding hydrogens is 434 g/mol. The Morgan fingerprint density at radius 2 is 1.70 bits per heavy atom. The number of anilines is 1. The van der Waals surface area contributed by atoms with Gasteiger partial charge in [-0.25, -0.2) is 5.43 Å². The van der Waals surface area contributed by atoms with E-state index in [2.05, 4.69) is 10.5 Å². The molecule has 4 aromatic rings. The van der Waals surface area contributed by atoms with Crippen LogP contribution in [0, 0.1) is 0 Å². The van der Waals surface area contributed by atoms with E-state index in [1.165, 1.54) is 0 Å². The number of fused-ring (bicyclic) bond motifs is 1. The molecule has 0 atom stereocenters. The van der Waals surface area contributed by atoms with Crippen LogP contribution in [0.4, 0.5) is 5.69 Å². The number of carbonyl (C=O) groups is 1. The number of ether oxygens (including phenoxy) is 1. The summed E-state index contributed by atoms with van der Waals surface area (Å²) in [5.41, 5.74) is 5.84. The van der Waals surface area contributed by atoms with Crippen LogP contribution in [-0.2, 0) is 6.61 Å². The zero-order valence-corrected chi connectivity index (χ0v) is 19.2. The van der Waals surface area contributed by atoms with Crippen LogP contribution in [0.3, 0.4) is 0 Å². The molecule has 0 spiro atoms. The maximum Gasteiger partial charge on any atom is 0.271 e. The van der Waals surface area contributed by atoms with Gasteiger partial charge in [-0.15, -0.1) is 0 Å². The van der Waals surface area contributed by atoms with Crippen molar-refractivity contribution >= 4 is 40.2 Å². The van der Waals surface area contributed by atoms with E-state index in [-0.39, 0.29) is 5.91 Å².